The van der Waals surface area contributed by atoms with Crippen LogP contribution in [0.25, 0.3) is 0 Å². The van der Waals surface area contributed by atoms with Gasteiger partial charge in [0.25, 0.3) is 5.91 Å². The van der Waals surface area contributed by atoms with Crippen molar-refractivity contribution in [1.29, 1.82) is 0 Å². The van der Waals surface area contributed by atoms with Crippen LogP contribution in [-0.4, -0.2) is 48.5 Å². The van der Waals surface area contributed by atoms with Crippen molar-refractivity contribution >= 4 is 27.4 Å². The molecule has 0 spiro atoms. The number of fused-ring (bicyclic) bond motifs is 1. The molecule has 1 saturated heterocycles. The van der Waals surface area contributed by atoms with Gasteiger partial charge in [0.2, 0.25) is 5.91 Å². The molecule has 3 aliphatic rings. The first kappa shape index (κ1) is 18.2. The Morgan fingerprint density at radius 2 is 1.96 bits per heavy atom. The van der Waals surface area contributed by atoms with Crippen LogP contribution in [0.5, 0.6) is 0 Å². The third kappa shape index (κ3) is 3.76. The first-order chi connectivity index (χ1) is 12.9. The Bertz CT molecular complexity index is 909. The third-order valence-corrected chi connectivity index (χ3v) is 7.30. The highest BCUT2D eigenvalue weighted by molar-refractivity contribution is 7.91. The lowest BCUT2D eigenvalue weighted by molar-refractivity contribution is -0.133. The van der Waals surface area contributed by atoms with Crippen LogP contribution in [0.3, 0.4) is 0 Å². The molecule has 4 rings (SSSR count). The summed E-state index contributed by atoms with van der Waals surface area (Å²) in [5.74, 6) is -0.489. The van der Waals surface area contributed by atoms with Crippen molar-refractivity contribution in [3.8, 4) is 0 Å². The monoisotopic (exact) mass is 389 g/mol. The van der Waals surface area contributed by atoms with E-state index < -0.39 is 15.9 Å². The first-order valence-electron chi connectivity index (χ1n) is 9.41. The average molecular weight is 389 g/mol. The highest BCUT2D eigenvalue weighted by Gasteiger charge is 2.37. The maximum atomic E-state index is 12.8. The van der Waals surface area contributed by atoms with Crippen molar-refractivity contribution in [2.45, 2.75) is 50.6 Å². The minimum atomic E-state index is -3.13. The lowest BCUT2D eigenvalue weighted by Crippen LogP contribution is -2.44. The van der Waals surface area contributed by atoms with Crippen LogP contribution >= 0.6 is 0 Å². The average Bonchev–Trinajstić information content (AvgIpc) is 3.02. The van der Waals surface area contributed by atoms with Crippen LogP contribution in [0, 0.1) is 0 Å². The second kappa shape index (κ2) is 7.07. The van der Waals surface area contributed by atoms with Crippen LogP contribution in [0.4, 0.5) is 0 Å². The number of hydrogen-bond acceptors (Lipinski definition) is 5. The van der Waals surface area contributed by atoms with Crippen LogP contribution in [0.15, 0.2) is 29.4 Å². The van der Waals surface area contributed by atoms with Crippen molar-refractivity contribution in [3.63, 3.8) is 0 Å². The Labute approximate surface area is 158 Å². The summed E-state index contributed by atoms with van der Waals surface area (Å²) in [7, 11) is -3.13. The number of amides is 2. The molecule has 0 saturated carbocycles. The summed E-state index contributed by atoms with van der Waals surface area (Å²) in [6.45, 7) is 0. The predicted molar refractivity (Wildman–Crippen MR) is 101 cm³/mol. The summed E-state index contributed by atoms with van der Waals surface area (Å²) in [5, 5.41) is 8.55. The number of carbonyl (C=O) groups is 2. The molecule has 144 valence electrons. The van der Waals surface area contributed by atoms with Crippen molar-refractivity contribution in [2.24, 2.45) is 5.10 Å². The number of nitrogens with zero attached hydrogens (tertiary/aromatic N) is 2. The standard InChI is InChI=1S/C19H23N3O4S/c23-18-9-8-17(21-22(18)14-10-11-27(25,26)12-14)19(24)20-16-7-3-5-13-4-1-2-6-15(13)16/h1-2,4,6,14,16H,3,5,7-12H2,(H,20,24)/t14-,16-/m1/s1. The molecule has 1 aromatic rings. The Morgan fingerprint density at radius 3 is 2.74 bits per heavy atom. The van der Waals surface area contributed by atoms with Gasteiger partial charge in [-0.05, 0) is 36.8 Å². The van der Waals surface area contributed by atoms with Gasteiger partial charge >= 0.3 is 0 Å². The van der Waals surface area contributed by atoms with Crippen molar-refractivity contribution in [2.75, 3.05) is 11.5 Å². The van der Waals surface area contributed by atoms with Crippen molar-refractivity contribution < 1.29 is 18.0 Å². The van der Waals surface area contributed by atoms with E-state index in [1.54, 1.807) is 0 Å². The number of carbonyl (C=O) groups excluding carboxylic acids is 2. The van der Waals surface area contributed by atoms with Gasteiger partial charge in [-0.15, -0.1) is 0 Å². The summed E-state index contributed by atoms with van der Waals surface area (Å²) in [6, 6.07) is 7.60. The number of rotatable bonds is 3. The lowest BCUT2D eigenvalue weighted by atomic mass is 9.87. The molecule has 8 heteroatoms. The van der Waals surface area contributed by atoms with Gasteiger partial charge in [-0.25, -0.2) is 13.4 Å². The second-order valence-corrected chi connectivity index (χ2v) is 9.69. The van der Waals surface area contributed by atoms with E-state index in [0.29, 0.717) is 12.1 Å². The molecule has 2 atom stereocenters. The van der Waals surface area contributed by atoms with Crippen molar-refractivity contribution in [1.82, 2.24) is 10.3 Å². The smallest absolute Gasteiger partial charge is 0.267 e. The summed E-state index contributed by atoms with van der Waals surface area (Å²) < 4.78 is 23.4. The van der Waals surface area contributed by atoms with Gasteiger partial charge in [-0.3, -0.25) is 9.59 Å². The minimum absolute atomic E-state index is 0.0527. The molecular weight excluding hydrogens is 366 g/mol. The number of aryl methyl sites for hydroxylation is 1. The molecule has 7 nitrogen and oxygen atoms in total. The Balaban J connectivity index is 1.50. The van der Waals surface area contributed by atoms with E-state index in [1.807, 2.05) is 18.2 Å². The van der Waals surface area contributed by atoms with E-state index in [9.17, 15) is 18.0 Å². The molecule has 0 bridgehead atoms. The molecule has 1 aromatic carbocycles. The van der Waals surface area contributed by atoms with E-state index in [1.165, 1.54) is 10.6 Å². The molecule has 0 aromatic heterocycles. The quantitative estimate of drug-likeness (QED) is 0.844. The van der Waals surface area contributed by atoms with Crippen LogP contribution in [-0.2, 0) is 25.8 Å². The fourth-order valence-electron chi connectivity index (χ4n) is 4.13. The predicted octanol–water partition coefficient (Wildman–Crippen LogP) is 1.35. The molecule has 2 aliphatic heterocycles. The lowest BCUT2D eigenvalue weighted by Gasteiger charge is -2.29. The summed E-state index contributed by atoms with van der Waals surface area (Å²) in [5.41, 5.74) is 2.71. The highest BCUT2D eigenvalue weighted by atomic mass is 32.2. The summed E-state index contributed by atoms with van der Waals surface area (Å²) >= 11 is 0. The molecule has 0 unspecified atom stereocenters. The third-order valence-electron chi connectivity index (χ3n) is 5.55. The van der Waals surface area contributed by atoms with Gasteiger partial charge in [0, 0.05) is 12.8 Å². The molecule has 1 aliphatic carbocycles. The summed E-state index contributed by atoms with van der Waals surface area (Å²) in [6.07, 6.45) is 3.75. The molecule has 2 amide bonds. The van der Waals surface area contributed by atoms with Gasteiger partial charge in [-0.1, -0.05) is 24.3 Å². The maximum absolute atomic E-state index is 12.8. The highest BCUT2D eigenvalue weighted by Crippen LogP contribution is 2.29. The molecule has 27 heavy (non-hydrogen) atoms. The summed E-state index contributed by atoms with van der Waals surface area (Å²) in [4.78, 5) is 25.0. The van der Waals surface area contributed by atoms with E-state index in [2.05, 4.69) is 16.5 Å². The van der Waals surface area contributed by atoms with Crippen molar-refractivity contribution in [3.05, 3.63) is 35.4 Å². The maximum Gasteiger partial charge on any atom is 0.267 e. The van der Waals surface area contributed by atoms with Crippen LogP contribution in [0.1, 0.15) is 49.3 Å². The van der Waals surface area contributed by atoms with E-state index in [-0.39, 0.29) is 42.2 Å². The van der Waals surface area contributed by atoms with Gasteiger partial charge in [-0.2, -0.15) is 5.10 Å². The van der Waals surface area contributed by atoms with Gasteiger partial charge < -0.3 is 5.32 Å². The molecule has 2 heterocycles. The van der Waals surface area contributed by atoms with Gasteiger partial charge in [0.1, 0.15) is 5.71 Å². The molecular formula is C19H23N3O4S. The van der Waals surface area contributed by atoms with E-state index in [4.69, 9.17) is 0 Å². The van der Waals surface area contributed by atoms with Crippen LogP contribution < -0.4 is 5.32 Å². The number of nitrogens with one attached hydrogen (secondary N) is 1. The Morgan fingerprint density at radius 1 is 1.15 bits per heavy atom. The minimum Gasteiger partial charge on any atom is -0.344 e. The Hall–Kier alpha value is -2.22. The second-order valence-electron chi connectivity index (χ2n) is 7.46. The fraction of sp³-hybridized carbons (Fsp3) is 0.526. The van der Waals surface area contributed by atoms with Gasteiger partial charge in [0.15, 0.2) is 9.84 Å². The molecule has 1 fully saturated rings. The fourth-order valence-corrected chi connectivity index (χ4v) is 5.83. The SMILES string of the molecule is O=C(N[C@@H]1CCCc2ccccc21)C1=NN([C@@H]2CCS(=O)(=O)C2)C(=O)CC1. The molecule has 0 radical (unpaired) electrons. The Kier molecular flexibility index (Phi) is 4.75. The van der Waals surface area contributed by atoms with Gasteiger partial charge in [0.05, 0.1) is 23.6 Å². The normalized spacial score (nSPS) is 27.0. The number of hydrogen-bond donors (Lipinski definition) is 1. The number of hydrazone groups is 1. The molecule has 1 N–H and O–H groups in total. The first-order valence-corrected chi connectivity index (χ1v) is 11.2. The number of benzene rings is 1. The largest absolute Gasteiger partial charge is 0.344 e. The van der Waals surface area contributed by atoms with E-state index in [0.717, 1.165) is 24.8 Å². The number of sulfone groups is 1. The van der Waals surface area contributed by atoms with E-state index >= 15 is 0 Å². The topological polar surface area (TPSA) is 95.9 Å². The van der Waals surface area contributed by atoms with Crippen LogP contribution in [0.2, 0.25) is 0 Å². The zero-order valence-corrected chi connectivity index (χ0v) is 15.9. The zero-order chi connectivity index (χ0) is 19.0. The zero-order valence-electron chi connectivity index (χ0n) is 15.1.